The summed E-state index contributed by atoms with van der Waals surface area (Å²) in [5.41, 5.74) is 1.37. The summed E-state index contributed by atoms with van der Waals surface area (Å²) in [4.78, 5) is 39.3. The second kappa shape index (κ2) is 6.11. The van der Waals surface area contributed by atoms with E-state index in [0.29, 0.717) is 29.5 Å². The summed E-state index contributed by atoms with van der Waals surface area (Å²) in [5, 5.41) is 0.118. The molecule has 32 heavy (non-hydrogen) atoms. The highest BCUT2D eigenvalue weighted by molar-refractivity contribution is 7.89. The van der Waals surface area contributed by atoms with E-state index in [1.54, 1.807) is 6.92 Å². The first-order valence-corrected chi connectivity index (χ1v) is 12.7. The molecule has 0 saturated heterocycles. The monoisotopic (exact) mass is 458 g/mol. The predicted octanol–water partition coefficient (Wildman–Crippen LogP) is 1.19. The molecule has 170 valence electrons. The summed E-state index contributed by atoms with van der Waals surface area (Å²) in [5.74, 6) is 0.399. The molecule has 6 rings (SSSR count). The van der Waals surface area contributed by atoms with Gasteiger partial charge in [0.2, 0.25) is 15.9 Å². The van der Waals surface area contributed by atoms with Gasteiger partial charge in [-0.2, -0.15) is 4.68 Å². The van der Waals surface area contributed by atoms with Gasteiger partial charge in [-0.3, -0.25) is 19.6 Å². The number of sulfonamides is 1. The van der Waals surface area contributed by atoms with E-state index >= 15 is 0 Å². The Hall–Kier alpha value is -2.46. The zero-order valence-electron chi connectivity index (χ0n) is 18.1. The van der Waals surface area contributed by atoms with Gasteiger partial charge in [0.05, 0.1) is 21.2 Å². The van der Waals surface area contributed by atoms with Crippen molar-refractivity contribution in [3.8, 4) is 0 Å². The molecule has 10 heteroatoms. The highest BCUT2D eigenvalue weighted by atomic mass is 32.2. The second-order valence-electron chi connectivity index (χ2n) is 10.5. The van der Waals surface area contributed by atoms with Crippen LogP contribution in [0.5, 0.6) is 0 Å². The van der Waals surface area contributed by atoms with E-state index < -0.39 is 32.2 Å². The zero-order valence-corrected chi connectivity index (χ0v) is 18.9. The van der Waals surface area contributed by atoms with E-state index in [9.17, 15) is 22.8 Å². The van der Waals surface area contributed by atoms with Gasteiger partial charge in [0.25, 0.3) is 5.56 Å². The molecule has 4 saturated carbocycles. The molecule has 0 bridgehead atoms. The minimum Gasteiger partial charge on any atom is -0.291 e. The molecular weight excluding hydrogens is 432 g/mol. The normalized spacial score (nSPS) is 27.1. The van der Waals surface area contributed by atoms with Gasteiger partial charge in [-0.25, -0.2) is 17.9 Å². The first-order valence-electron chi connectivity index (χ1n) is 11.2. The van der Waals surface area contributed by atoms with Crippen LogP contribution < -0.4 is 21.4 Å². The lowest BCUT2D eigenvalue weighted by molar-refractivity contribution is -0.120. The molecule has 1 heterocycles. The number of hydrogen-bond donors (Lipinski definition) is 2. The van der Waals surface area contributed by atoms with Gasteiger partial charge in [0, 0.05) is 12.1 Å². The number of aryl methyl sites for hydroxylation is 1. The van der Waals surface area contributed by atoms with E-state index in [-0.39, 0.29) is 16.2 Å². The maximum absolute atomic E-state index is 13.3. The molecule has 0 spiro atoms. The molecule has 4 fully saturated rings. The van der Waals surface area contributed by atoms with E-state index in [1.807, 2.05) is 6.92 Å². The van der Waals surface area contributed by atoms with E-state index in [1.165, 1.54) is 16.7 Å². The Morgan fingerprint density at radius 3 is 2.41 bits per heavy atom. The molecule has 2 aromatic rings. The summed E-state index contributed by atoms with van der Waals surface area (Å²) in [6.45, 7) is 3.99. The Kier molecular flexibility index (Phi) is 3.85. The van der Waals surface area contributed by atoms with Gasteiger partial charge < -0.3 is 0 Å². The standard InChI is InChI=1S/C22H26N4O5S/c1-12-7-15(32(30,31)24-21(2)5-6-21)8-16-17(12)25(11-13-3-4-13)20(29)26(18(16)27)23-19(28)22-9-14(22)10-22/h7-8,13-14,24H,3-6,9-11H2,1-2H3,(H,23,28). The Morgan fingerprint density at radius 2 is 1.84 bits per heavy atom. The average molecular weight is 459 g/mol. The summed E-state index contributed by atoms with van der Waals surface area (Å²) in [7, 11) is -3.84. The maximum Gasteiger partial charge on any atom is 0.350 e. The quantitative estimate of drug-likeness (QED) is 0.646. The molecule has 1 aromatic heterocycles. The molecule has 4 aliphatic carbocycles. The highest BCUT2D eigenvalue weighted by Crippen LogP contribution is 2.75. The van der Waals surface area contributed by atoms with Crippen LogP contribution >= 0.6 is 0 Å². The Labute approximate surface area is 184 Å². The summed E-state index contributed by atoms with van der Waals surface area (Å²) >= 11 is 0. The molecule has 9 nitrogen and oxygen atoms in total. The Balaban J connectivity index is 1.52. The van der Waals surface area contributed by atoms with Crippen LogP contribution in [0.1, 0.15) is 51.0 Å². The smallest absolute Gasteiger partial charge is 0.291 e. The van der Waals surface area contributed by atoms with Crippen molar-refractivity contribution in [1.82, 2.24) is 14.0 Å². The number of carbonyl (C=O) groups excluding carboxylic acids is 1. The SMILES string of the molecule is Cc1cc(S(=O)(=O)NC2(C)CC2)cc2c(=O)n(NC(=O)C34CC3C4)c(=O)n(CC3CC3)c12. The predicted molar refractivity (Wildman–Crippen MR) is 117 cm³/mol. The lowest BCUT2D eigenvalue weighted by Gasteiger charge is -2.18. The van der Waals surface area contributed by atoms with E-state index in [2.05, 4.69) is 10.1 Å². The van der Waals surface area contributed by atoms with Crippen LogP contribution in [0.2, 0.25) is 0 Å². The second-order valence-corrected chi connectivity index (χ2v) is 12.2. The average Bonchev–Trinajstić information content (AvgIpc) is 3.50. The van der Waals surface area contributed by atoms with Crippen LogP contribution in [-0.2, 0) is 21.4 Å². The third-order valence-corrected chi connectivity index (χ3v) is 9.19. The molecule has 4 aliphatic rings. The molecule has 0 radical (unpaired) electrons. The zero-order chi connectivity index (χ0) is 22.6. The van der Waals surface area contributed by atoms with Crippen LogP contribution in [0.15, 0.2) is 26.6 Å². The van der Waals surface area contributed by atoms with Gasteiger partial charge in [-0.15, -0.1) is 0 Å². The fourth-order valence-corrected chi connectivity index (χ4v) is 6.21. The number of nitrogens with one attached hydrogen (secondary N) is 2. The first kappa shape index (κ1) is 20.2. The van der Waals surface area contributed by atoms with Crippen molar-refractivity contribution in [2.24, 2.45) is 17.3 Å². The van der Waals surface area contributed by atoms with Gasteiger partial charge in [-0.05, 0) is 81.9 Å². The van der Waals surface area contributed by atoms with Crippen molar-refractivity contribution < 1.29 is 13.2 Å². The maximum atomic E-state index is 13.3. The van der Waals surface area contributed by atoms with Crippen LogP contribution in [0.25, 0.3) is 10.9 Å². The number of rotatable bonds is 7. The molecule has 2 N–H and O–H groups in total. The van der Waals surface area contributed by atoms with Gasteiger partial charge in [0.1, 0.15) is 0 Å². The topological polar surface area (TPSA) is 119 Å². The van der Waals surface area contributed by atoms with Crippen molar-refractivity contribution in [3.05, 3.63) is 38.5 Å². The van der Waals surface area contributed by atoms with Crippen molar-refractivity contribution in [3.63, 3.8) is 0 Å². The minimum absolute atomic E-state index is 0.00901. The fourth-order valence-electron chi connectivity index (χ4n) is 4.63. The number of benzene rings is 1. The highest BCUT2D eigenvalue weighted by Gasteiger charge is 2.74. The summed E-state index contributed by atoms with van der Waals surface area (Å²) < 4.78 is 31.0. The third kappa shape index (κ3) is 3.07. The van der Waals surface area contributed by atoms with E-state index in [4.69, 9.17) is 0 Å². The van der Waals surface area contributed by atoms with Gasteiger partial charge in [-0.1, -0.05) is 0 Å². The van der Waals surface area contributed by atoms with Crippen molar-refractivity contribution in [2.45, 2.75) is 69.4 Å². The first-order chi connectivity index (χ1) is 15.0. The number of hydrogen-bond acceptors (Lipinski definition) is 5. The Morgan fingerprint density at radius 1 is 1.19 bits per heavy atom. The summed E-state index contributed by atoms with van der Waals surface area (Å²) in [6.07, 6.45) is 5.12. The molecule has 0 unspecified atom stereocenters. The number of carbonyl (C=O) groups is 1. The van der Waals surface area contributed by atoms with Crippen molar-refractivity contribution in [1.29, 1.82) is 0 Å². The molecule has 0 atom stereocenters. The molecular formula is C22H26N4O5S. The number of aromatic nitrogens is 2. The Bertz CT molecular complexity index is 1420. The largest absolute Gasteiger partial charge is 0.350 e. The third-order valence-electron chi connectivity index (χ3n) is 7.58. The van der Waals surface area contributed by atoms with Crippen molar-refractivity contribution >= 4 is 26.8 Å². The number of amides is 1. The van der Waals surface area contributed by atoms with Gasteiger partial charge in [0.15, 0.2) is 0 Å². The lowest BCUT2D eigenvalue weighted by Crippen LogP contribution is -2.48. The summed E-state index contributed by atoms with van der Waals surface area (Å²) in [6, 6.07) is 2.85. The molecule has 1 amide bonds. The van der Waals surface area contributed by atoms with Crippen LogP contribution in [-0.4, -0.2) is 29.1 Å². The number of nitrogens with zero attached hydrogens (tertiary/aromatic N) is 2. The van der Waals surface area contributed by atoms with Gasteiger partial charge >= 0.3 is 5.69 Å². The molecule has 1 aromatic carbocycles. The molecule has 0 aliphatic heterocycles. The van der Waals surface area contributed by atoms with Crippen LogP contribution in [0.3, 0.4) is 0 Å². The van der Waals surface area contributed by atoms with Crippen LogP contribution in [0, 0.1) is 24.2 Å². The number of fused-ring (bicyclic) bond motifs is 2. The minimum atomic E-state index is -3.84. The van der Waals surface area contributed by atoms with E-state index in [0.717, 1.165) is 43.2 Å². The van der Waals surface area contributed by atoms with Crippen LogP contribution in [0.4, 0.5) is 0 Å². The lowest BCUT2D eigenvalue weighted by atomic mass is 10.1. The van der Waals surface area contributed by atoms with Crippen molar-refractivity contribution in [2.75, 3.05) is 5.43 Å². The fraction of sp³-hybridized carbons (Fsp3) is 0.591.